The number of aromatic nitrogens is 1. The summed E-state index contributed by atoms with van der Waals surface area (Å²) in [6.45, 7) is 2.99. The van der Waals surface area contributed by atoms with Crippen molar-refractivity contribution in [3.63, 3.8) is 0 Å². The molecule has 1 saturated heterocycles. The molecule has 1 atom stereocenters. The molecule has 148 valence electrons. The molecule has 0 radical (unpaired) electrons. The number of carbonyl (C=O) groups excluding carboxylic acids is 2. The second-order valence-corrected chi connectivity index (χ2v) is 6.92. The third kappa shape index (κ3) is 5.29. The lowest BCUT2D eigenvalue weighted by Crippen LogP contribution is -2.49. The lowest BCUT2D eigenvalue weighted by atomic mass is 10.0. The number of pyridine rings is 1. The first-order chi connectivity index (χ1) is 13.6. The number of piperazine rings is 1. The minimum atomic E-state index is -0.180. The molecule has 3 amide bonds. The van der Waals surface area contributed by atoms with E-state index in [0.717, 1.165) is 17.7 Å². The summed E-state index contributed by atoms with van der Waals surface area (Å²) < 4.78 is 0. The van der Waals surface area contributed by atoms with Gasteiger partial charge in [-0.25, -0.2) is 4.79 Å². The Labute approximate surface area is 165 Å². The molecule has 7 nitrogen and oxygen atoms in total. The van der Waals surface area contributed by atoms with Gasteiger partial charge in [-0.2, -0.15) is 0 Å². The third-order valence-corrected chi connectivity index (χ3v) is 4.86. The Morgan fingerprint density at radius 2 is 2.07 bits per heavy atom. The van der Waals surface area contributed by atoms with E-state index in [1.807, 2.05) is 47.4 Å². The molecule has 0 saturated carbocycles. The van der Waals surface area contributed by atoms with Gasteiger partial charge in [-0.3, -0.25) is 9.78 Å². The van der Waals surface area contributed by atoms with Crippen LogP contribution >= 0.6 is 0 Å². The van der Waals surface area contributed by atoms with Crippen LogP contribution in [0.5, 0.6) is 0 Å². The van der Waals surface area contributed by atoms with Crippen LogP contribution in [0.25, 0.3) is 0 Å². The summed E-state index contributed by atoms with van der Waals surface area (Å²) in [5.74, 6) is 0.0429. The highest BCUT2D eigenvalue weighted by Crippen LogP contribution is 2.22. The van der Waals surface area contributed by atoms with Gasteiger partial charge in [0.1, 0.15) is 0 Å². The van der Waals surface area contributed by atoms with Gasteiger partial charge in [0.2, 0.25) is 5.91 Å². The molecule has 1 aromatic heterocycles. The average Bonchev–Trinajstić information content (AvgIpc) is 2.75. The van der Waals surface area contributed by atoms with Gasteiger partial charge in [0.15, 0.2) is 0 Å². The Morgan fingerprint density at radius 1 is 1.25 bits per heavy atom. The minimum absolute atomic E-state index is 0.0218. The quantitative estimate of drug-likeness (QED) is 0.800. The predicted octanol–water partition coefficient (Wildman–Crippen LogP) is 1.79. The molecular formula is C21H27N5O2. The van der Waals surface area contributed by atoms with Crippen molar-refractivity contribution in [2.24, 2.45) is 0 Å². The number of urea groups is 1. The monoisotopic (exact) mass is 381 g/mol. The van der Waals surface area contributed by atoms with E-state index in [1.165, 1.54) is 0 Å². The first kappa shape index (κ1) is 19.8. The van der Waals surface area contributed by atoms with Crippen LogP contribution in [0.2, 0.25) is 0 Å². The van der Waals surface area contributed by atoms with Gasteiger partial charge in [-0.05, 0) is 17.2 Å². The smallest absolute Gasteiger partial charge is 0.317 e. The second kappa shape index (κ2) is 9.85. The number of nitrogens with one attached hydrogen (secondary N) is 2. The van der Waals surface area contributed by atoms with E-state index in [4.69, 9.17) is 0 Å². The maximum Gasteiger partial charge on any atom is 0.317 e. The first-order valence-electron chi connectivity index (χ1n) is 9.58. The van der Waals surface area contributed by atoms with E-state index >= 15 is 0 Å². The molecule has 0 bridgehead atoms. The Kier molecular flexibility index (Phi) is 6.97. The second-order valence-electron chi connectivity index (χ2n) is 6.92. The maximum absolute atomic E-state index is 12.7. The summed E-state index contributed by atoms with van der Waals surface area (Å²) in [5.41, 5.74) is 2.09. The van der Waals surface area contributed by atoms with Crippen molar-refractivity contribution in [1.29, 1.82) is 0 Å². The van der Waals surface area contributed by atoms with Crippen molar-refractivity contribution >= 4 is 11.9 Å². The molecule has 3 rings (SSSR count). The van der Waals surface area contributed by atoms with Gasteiger partial charge in [-0.15, -0.1) is 0 Å². The van der Waals surface area contributed by atoms with E-state index in [2.05, 4.69) is 15.6 Å². The van der Waals surface area contributed by atoms with Crippen LogP contribution in [-0.2, 0) is 11.3 Å². The van der Waals surface area contributed by atoms with E-state index in [-0.39, 0.29) is 24.4 Å². The topological polar surface area (TPSA) is 77.6 Å². The maximum atomic E-state index is 12.7. The lowest BCUT2D eigenvalue weighted by Gasteiger charge is -2.36. The highest BCUT2D eigenvalue weighted by Gasteiger charge is 2.27. The van der Waals surface area contributed by atoms with Gasteiger partial charge >= 0.3 is 6.03 Å². The number of hydrogen-bond acceptors (Lipinski definition) is 4. The molecule has 1 aliphatic rings. The summed E-state index contributed by atoms with van der Waals surface area (Å²) in [4.78, 5) is 32.7. The molecule has 1 unspecified atom stereocenters. The van der Waals surface area contributed by atoms with Gasteiger partial charge in [0.25, 0.3) is 0 Å². The van der Waals surface area contributed by atoms with Crippen LogP contribution in [0.15, 0.2) is 54.9 Å². The predicted molar refractivity (Wildman–Crippen MR) is 107 cm³/mol. The van der Waals surface area contributed by atoms with Crippen molar-refractivity contribution in [3.8, 4) is 0 Å². The Morgan fingerprint density at radius 3 is 2.82 bits per heavy atom. The van der Waals surface area contributed by atoms with E-state index in [9.17, 15) is 9.59 Å². The largest absolute Gasteiger partial charge is 0.337 e. The van der Waals surface area contributed by atoms with Crippen LogP contribution in [-0.4, -0.2) is 59.9 Å². The molecule has 0 aliphatic carbocycles. The zero-order valence-corrected chi connectivity index (χ0v) is 16.2. The van der Waals surface area contributed by atoms with Crippen molar-refractivity contribution < 1.29 is 9.59 Å². The summed E-state index contributed by atoms with van der Waals surface area (Å²) in [7, 11) is 1.75. The van der Waals surface area contributed by atoms with Crippen molar-refractivity contribution in [3.05, 3.63) is 66.0 Å². The Hall–Kier alpha value is -2.93. The number of nitrogens with zero attached hydrogens (tertiary/aromatic N) is 3. The third-order valence-electron chi connectivity index (χ3n) is 4.86. The lowest BCUT2D eigenvalue weighted by molar-refractivity contribution is -0.134. The Bertz CT molecular complexity index is 769. The van der Waals surface area contributed by atoms with Gasteiger partial charge < -0.3 is 20.4 Å². The Balaban J connectivity index is 1.48. The molecule has 1 aromatic carbocycles. The molecule has 2 heterocycles. The van der Waals surface area contributed by atoms with Crippen molar-refractivity contribution in [2.45, 2.75) is 19.0 Å². The van der Waals surface area contributed by atoms with Crippen LogP contribution in [0, 0.1) is 0 Å². The molecular weight excluding hydrogens is 354 g/mol. The minimum Gasteiger partial charge on any atom is -0.337 e. The SMILES string of the molecule is CN(Cc1ccccc1)C(=O)NCCC(=O)N1CCNCC1c1cccnc1. The summed E-state index contributed by atoms with van der Waals surface area (Å²) in [6, 6.07) is 13.5. The molecule has 1 fully saturated rings. The summed E-state index contributed by atoms with van der Waals surface area (Å²) >= 11 is 0. The van der Waals surface area contributed by atoms with Crippen molar-refractivity contribution in [2.75, 3.05) is 33.2 Å². The normalized spacial score (nSPS) is 16.5. The van der Waals surface area contributed by atoms with E-state index < -0.39 is 0 Å². The molecule has 0 spiro atoms. The summed E-state index contributed by atoms with van der Waals surface area (Å²) in [5, 5.41) is 6.17. The number of amides is 3. The van der Waals surface area contributed by atoms with Crippen LogP contribution < -0.4 is 10.6 Å². The van der Waals surface area contributed by atoms with E-state index in [0.29, 0.717) is 26.2 Å². The van der Waals surface area contributed by atoms with E-state index in [1.54, 1.807) is 24.3 Å². The highest BCUT2D eigenvalue weighted by molar-refractivity contribution is 5.79. The first-order valence-corrected chi connectivity index (χ1v) is 9.58. The number of benzene rings is 1. The zero-order chi connectivity index (χ0) is 19.8. The molecule has 7 heteroatoms. The molecule has 28 heavy (non-hydrogen) atoms. The fourth-order valence-corrected chi connectivity index (χ4v) is 3.36. The highest BCUT2D eigenvalue weighted by atomic mass is 16.2. The number of hydrogen-bond donors (Lipinski definition) is 2. The van der Waals surface area contributed by atoms with Crippen molar-refractivity contribution in [1.82, 2.24) is 25.4 Å². The molecule has 2 aromatic rings. The van der Waals surface area contributed by atoms with Gasteiger partial charge in [0.05, 0.1) is 6.04 Å². The molecule has 1 aliphatic heterocycles. The molecule has 2 N–H and O–H groups in total. The van der Waals surface area contributed by atoms with Gasteiger partial charge in [-0.1, -0.05) is 36.4 Å². The number of carbonyl (C=O) groups is 2. The summed E-state index contributed by atoms with van der Waals surface area (Å²) in [6.07, 6.45) is 3.81. The fourth-order valence-electron chi connectivity index (χ4n) is 3.36. The number of rotatable bonds is 6. The van der Waals surface area contributed by atoms with Crippen LogP contribution in [0.3, 0.4) is 0 Å². The van der Waals surface area contributed by atoms with Gasteiger partial charge in [0, 0.05) is 58.6 Å². The standard InChI is InChI=1S/C21H27N5O2/c1-25(16-17-6-3-2-4-7-17)21(28)24-11-9-20(27)26-13-12-23-15-19(26)18-8-5-10-22-14-18/h2-8,10,14,19,23H,9,11-13,15-16H2,1H3,(H,24,28). The fraction of sp³-hybridized carbons (Fsp3) is 0.381. The van der Waals surface area contributed by atoms with Crippen LogP contribution in [0.1, 0.15) is 23.6 Å². The average molecular weight is 381 g/mol. The van der Waals surface area contributed by atoms with Crippen LogP contribution in [0.4, 0.5) is 4.79 Å². The zero-order valence-electron chi connectivity index (χ0n) is 16.2.